The number of aryl methyl sites for hydroxylation is 1. The average Bonchev–Trinajstić information content (AvgIpc) is 3.33. The summed E-state index contributed by atoms with van der Waals surface area (Å²) in [6.07, 6.45) is -1.40. The lowest BCUT2D eigenvalue weighted by Gasteiger charge is -2.17. The number of aliphatic carboxylic acids is 2. The van der Waals surface area contributed by atoms with Crippen molar-refractivity contribution < 1.29 is 38.6 Å². The number of nitrogens with two attached hydrogens (primary N) is 2. The fourth-order valence-corrected chi connectivity index (χ4v) is 4.55. The van der Waals surface area contributed by atoms with E-state index in [-0.39, 0.29) is 17.9 Å². The number of benzene rings is 3. The average molecular weight is 620 g/mol. The zero-order valence-electron chi connectivity index (χ0n) is 23.9. The number of hydrogen-bond donors (Lipinski definition) is 7. The van der Waals surface area contributed by atoms with Crippen LogP contribution in [0.4, 0.5) is 26.4 Å². The van der Waals surface area contributed by atoms with Gasteiger partial charge >= 0.3 is 18.0 Å². The second-order valence-corrected chi connectivity index (χ2v) is 10.2. The van der Waals surface area contributed by atoms with Gasteiger partial charge in [-0.15, -0.1) is 5.10 Å². The third-order valence-corrected chi connectivity index (χ3v) is 6.79. The first-order chi connectivity index (χ1) is 21.3. The highest BCUT2D eigenvalue weighted by molar-refractivity contribution is 6.06. The number of rotatable bonds is 11. The topological polar surface area (TPSA) is 232 Å². The summed E-state index contributed by atoms with van der Waals surface area (Å²) in [5.74, 6) is -4.85. The monoisotopic (exact) mass is 619 g/mol. The van der Waals surface area contributed by atoms with Crippen LogP contribution in [-0.4, -0.2) is 61.9 Å². The molecule has 4 aromatic rings. The molecule has 15 heteroatoms. The molecule has 0 aliphatic rings. The summed E-state index contributed by atoms with van der Waals surface area (Å²) in [6, 6.07) is 12.5. The van der Waals surface area contributed by atoms with E-state index in [0.29, 0.717) is 27.7 Å². The summed E-state index contributed by atoms with van der Waals surface area (Å²) in [7, 11) is 0. The first kappa shape index (κ1) is 32.1. The number of fused-ring (bicyclic) bond motifs is 1. The largest absolute Gasteiger partial charge is 0.481 e. The predicted octanol–water partition coefficient (Wildman–Crippen LogP) is 3.17. The van der Waals surface area contributed by atoms with Crippen molar-refractivity contribution in [2.45, 2.75) is 38.3 Å². The van der Waals surface area contributed by atoms with Crippen molar-refractivity contribution in [3.05, 3.63) is 72.0 Å². The van der Waals surface area contributed by atoms with Crippen molar-refractivity contribution in [1.82, 2.24) is 15.1 Å². The van der Waals surface area contributed by atoms with Gasteiger partial charge in [-0.1, -0.05) is 30.3 Å². The van der Waals surface area contributed by atoms with Crippen LogP contribution in [0, 0.1) is 12.7 Å². The molecule has 9 N–H and O–H groups in total. The van der Waals surface area contributed by atoms with E-state index in [1.54, 1.807) is 55.5 Å². The van der Waals surface area contributed by atoms with Crippen LogP contribution in [-0.2, 0) is 14.4 Å². The number of carbonyl (C=O) groups excluding carboxylic acids is 3. The zero-order chi connectivity index (χ0) is 32.8. The molecule has 0 spiro atoms. The Balaban J connectivity index is 1.47. The van der Waals surface area contributed by atoms with Crippen molar-refractivity contribution in [3.8, 4) is 11.1 Å². The van der Waals surface area contributed by atoms with E-state index in [0.717, 1.165) is 10.2 Å². The van der Waals surface area contributed by atoms with Gasteiger partial charge in [0, 0.05) is 12.1 Å². The van der Waals surface area contributed by atoms with Crippen molar-refractivity contribution in [2.24, 2.45) is 5.73 Å². The van der Waals surface area contributed by atoms with E-state index < -0.39 is 60.5 Å². The second-order valence-electron chi connectivity index (χ2n) is 10.2. The molecular formula is C30H30FN7O7. The highest BCUT2D eigenvalue weighted by Gasteiger charge is 2.27. The molecule has 0 saturated carbocycles. The smallest absolute Gasteiger partial charge is 0.326 e. The first-order valence-corrected chi connectivity index (χ1v) is 13.6. The molecule has 0 aliphatic carbocycles. The van der Waals surface area contributed by atoms with E-state index in [2.05, 4.69) is 21.0 Å². The number of halogens is 1. The summed E-state index contributed by atoms with van der Waals surface area (Å²) in [6.45, 7) is 1.77. The number of amides is 3. The Bertz CT molecular complexity index is 1790. The third kappa shape index (κ3) is 7.77. The summed E-state index contributed by atoms with van der Waals surface area (Å²) >= 11 is 0. The number of carboxylic acids is 2. The molecular weight excluding hydrogens is 589 g/mol. The van der Waals surface area contributed by atoms with Crippen molar-refractivity contribution in [1.29, 1.82) is 0 Å². The quantitative estimate of drug-likeness (QED) is 0.130. The molecule has 0 bridgehead atoms. The molecule has 1 aromatic heterocycles. The normalized spacial score (nSPS) is 12.2. The molecule has 234 valence electrons. The minimum Gasteiger partial charge on any atom is -0.481 e. The van der Waals surface area contributed by atoms with Crippen LogP contribution in [0.1, 0.15) is 29.6 Å². The summed E-state index contributed by atoms with van der Waals surface area (Å²) in [5.41, 5.74) is 14.9. The molecule has 1 heterocycles. The Labute approximate surface area is 255 Å². The van der Waals surface area contributed by atoms with Gasteiger partial charge in [0.15, 0.2) is 5.82 Å². The lowest BCUT2D eigenvalue weighted by molar-refractivity contribution is -0.143. The Morgan fingerprint density at radius 2 is 1.71 bits per heavy atom. The van der Waals surface area contributed by atoms with Crippen LogP contribution >= 0.6 is 0 Å². The van der Waals surface area contributed by atoms with Gasteiger partial charge in [-0.25, -0.2) is 14.0 Å². The molecule has 4 rings (SSSR count). The van der Waals surface area contributed by atoms with Crippen LogP contribution in [0.5, 0.6) is 0 Å². The number of urea groups is 1. The number of hydrogen-bond acceptors (Lipinski definition) is 8. The number of anilines is 3. The van der Waals surface area contributed by atoms with E-state index in [9.17, 15) is 33.5 Å². The number of carbonyl (C=O) groups is 5. The highest BCUT2D eigenvalue weighted by atomic mass is 19.1. The summed E-state index contributed by atoms with van der Waals surface area (Å²) in [5, 5.41) is 29.9. The Kier molecular flexibility index (Phi) is 9.73. The van der Waals surface area contributed by atoms with Crippen LogP contribution in [0.15, 0.2) is 60.7 Å². The molecule has 45 heavy (non-hydrogen) atoms. The van der Waals surface area contributed by atoms with E-state index in [1.165, 1.54) is 12.1 Å². The van der Waals surface area contributed by atoms with Gasteiger partial charge in [-0.3, -0.25) is 14.4 Å². The molecule has 3 aromatic carbocycles. The lowest BCUT2D eigenvalue weighted by atomic mass is 10.0. The van der Waals surface area contributed by atoms with Crippen LogP contribution in [0.25, 0.3) is 22.0 Å². The van der Waals surface area contributed by atoms with Gasteiger partial charge in [0.05, 0.1) is 29.1 Å². The number of nitrogen functional groups attached to an aromatic ring is 1. The maximum atomic E-state index is 14.0. The molecule has 0 aliphatic heterocycles. The van der Waals surface area contributed by atoms with E-state index in [4.69, 9.17) is 16.6 Å². The van der Waals surface area contributed by atoms with E-state index >= 15 is 0 Å². The van der Waals surface area contributed by atoms with Gasteiger partial charge in [0.1, 0.15) is 11.9 Å². The Hall–Kier alpha value is -5.83. The molecule has 0 fully saturated rings. The van der Waals surface area contributed by atoms with Crippen molar-refractivity contribution in [2.75, 3.05) is 16.4 Å². The van der Waals surface area contributed by atoms with Crippen LogP contribution in [0.2, 0.25) is 0 Å². The number of carboxylic acid groups (broad SMARTS) is 2. The summed E-state index contributed by atoms with van der Waals surface area (Å²) < 4.78 is 15.0. The van der Waals surface area contributed by atoms with Crippen molar-refractivity contribution >= 4 is 57.9 Å². The van der Waals surface area contributed by atoms with Gasteiger partial charge in [0.2, 0.25) is 11.8 Å². The molecule has 2 atom stereocenters. The van der Waals surface area contributed by atoms with E-state index in [1.807, 2.05) is 0 Å². The summed E-state index contributed by atoms with van der Waals surface area (Å²) in [4.78, 5) is 60.2. The fraction of sp³-hybridized carbons (Fsp3) is 0.200. The van der Waals surface area contributed by atoms with Gasteiger partial charge < -0.3 is 37.6 Å². The van der Waals surface area contributed by atoms with Gasteiger partial charge in [-0.2, -0.15) is 4.68 Å². The van der Waals surface area contributed by atoms with Crippen LogP contribution < -0.4 is 27.4 Å². The maximum absolute atomic E-state index is 14.0. The molecule has 1 unspecified atom stereocenters. The van der Waals surface area contributed by atoms with Gasteiger partial charge in [0.25, 0.3) is 0 Å². The highest BCUT2D eigenvalue weighted by Crippen LogP contribution is 2.33. The standard InChI is InChI=1S/C30H30FN7O7/c1-15-5-10-19(31)22(13-15)36-30(45)34-17-8-6-16(7-9-17)18-3-2-4-23-26(18)27(33)37-38(23)24(39)14-20(32)28(42)35-21(29(43)44)11-12-25(40)41/h2-10,13,20-21H,11-12,14,32H2,1H3,(H2,33,37)(H,35,42)(H,40,41)(H,43,44)(H2,34,36,45)/t20-,21?/m0/s1. The fourth-order valence-electron chi connectivity index (χ4n) is 4.55. The zero-order valence-corrected chi connectivity index (χ0v) is 23.9. The number of nitrogens with zero attached hydrogens (tertiary/aromatic N) is 2. The Morgan fingerprint density at radius 3 is 2.38 bits per heavy atom. The molecule has 3 amide bonds. The number of nitrogens with one attached hydrogen (secondary N) is 3. The third-order valence-electron chi connectivity index (χ3n) is 6.79. The maximum Gasteiger partial charge on any atom is 0.326 e. The van der Waals surface area contributed by atoms with Crippen molar-refractivity contribution in [3.63, 3.8) is 0 Å². The minimum absolute atomic E-state index is 0.0216. The van der Waals surface area contributed by atoms with Gasteiger partial charge in [-0.05, 0) is 60.4 Å². The van der Waals surface area contributed by atoms with Crippen LogP contribution in [0.3, 0.4) is 0 Å². The second kappa shape index (κ2) is 13.6. The minimum atomic E-state index is -1.49. The molecule has 0 radical (unpaired) electrons. The molecule has 14 nitrogen and oxygen atoms in total. The molecule has 0 saturated heterocycles. The first-order valence-electron chi connectivity index (χ1n) is 13.6. The lowest BCUT2D eigenvalue weighted by Crippen LogP contribution is -2.49. The Morgan fingerprint density at radius 1 is 1.00 bits per heavy atom. The number of aromatic nitrogens is 2. The predicted molar refractivity (Wildman–Crippen MR) is 163 cm³/mol. The SMILES string of the molecule is Cc1ccc(F)c(NC(=O)Nc2ccc(-c3cccc4c3c(N)nn4C(=O)C[C@H](N)C(=O)NC(CCC(=O)O)C(=O)O)cc2)c1.